The topological polar surface area (TPSA) is 49.1 Å². The molecule has 1 saturated heterocycles. The number of nitrogens with zero attached hydrogens (tertiary/aromatic N) is 3. The smallest absolute Gasteiger partial charge is 0.232 e. The summed E-state index contributed by atoms with van der Waals surface area (Å²) in [6.07, 6.45) is 3.48. The van der Waals surface area contributed by atoms with Gasteiger partial charge in [-0.2, -0.15) is 5.26 Å². The summed E-state index contributed by atoms with van der Waals surface area (Å²) in [7, 11) is 2.16. The van der Waals surface area contributed by atoms with Crippen LogP contribution in [-0.4, -0.2) is 36.1 Å². The van der Waals surface area contributed by atoms with Crippen molar-refractivity contribution in [1.29, 1.82) is 5.26 Å². The number of benzene rings is 1. The Morgan fingerprint density at radius 1 is 1.43 bits per heavy atom. The zero-order valence-electron chi connectivity index (χ0n) is 12.2. The molecule has 1 aromatic carbocycles. The number of para-hydroxylation sites is 1. The van der Waals surface area contributed by atoms with Crippen LogP contribution < -0.4 is 4.74 Å². The molecule has 21 heavy (non-hydrogen) atoms. The van der Waals surface area contributed by atoms with E-state index < -0.39 is 0 Å². The van der Waals surface area contributed by atoms with Gasteiger partial charge in [-0.1, -0.05) is 18.2 Å². The highest BCUT2D eigenvalue weighted by atomic mass is 16.5. The molecular formula is C17H19N3O. The molecule has 108 valence electrons. The first-order valence-corrected chi connectivity index (χ1v) is 7.41. The Morgan fingerprint density at radius 2 is 2.29 bits per heavy atom. The first-order valence-electron chi connectivity index (χ1n) is 7.41. The minimum Gasteiger partial charge on any atom is -0.477 e. The highest BCUT2D eigenvalue weighted by molar-refractivity contribution is 5.80. The Kier molecular flexibility index (Phi) is 4.03. The van der Waals surface area contributed by atoms with Crippen LogP contribution in [0.3, 0.4) is 0 Å². The number of hydrogen-bond donors (Lipinski definition) is 0. The van der Waals surface area contributed by atoms with E-state index in [1.165, 1.54) is 19.4 Å². The van der Waals surface area contributed by atoms with Gasteiger partial charge in [0.25, 0.3) is 0 Å². The molecule has 1 fully saturated rings. The quantitative estimate of drug-likeness (QED) is 0.864. The summed E-state index contributed by atoms with van der Waals surface area (Å²) in [5.41, 5.74) is 1.37. The Bertz CT molecular complexity index is 677. The third-order valence-electron chi connectivity index (χ3n) is 4.17. The molecule has 2 heterocycles. The van der Waals surface area contributed by atoms with Crippen molar-refractivity contribution in [2.75, 3.05) is 20.2 Å². The predicted octanol–water partition coefficient (Wildman–Crippen LogP) is 2.97. The van der Waals surface area contributed by atoms with Gasteiger partial charge in [0.15, 0.2) is 0 Å². The lowest BCUT2D eigenvalue weighted by Gasteiger charge is -2.19. The summed E-state index contributed by atoms with van der Waals surface area (Å²) in [5.74, 6) is 0.455. The molecule has 0 amide bonds. The van der Waals surface area contributed by atoms with E-state index in [9.17, 15) is 5.26 Å². The van der Waals surface area contributed by atoms with E-state index in [1.54, 1.807) is 0 Å². The van der Waals surface area contributed by atoms with E-state index in [1.807, 2.05) is 30.3 Å². The number of pyridine rings is 1. The third-order valence-corrected chi connectivity index (χ3v) is 4.17. The van der Waals surface area contributed by atoms with Crippen LogP contribution in [0.4, 0.5) is 0 Å². The summed E-state index contributed by atoms with van der Waals surface area (Å²) in [4.78, 5) is 6.85. The van der Waals surface area contributed by atoms with Gasteiger partial charge in [0, 0.05) is 11.4 Å². The lowest BCUT2D eigenvalue weighted by molar-refractivity contribution is 0.228. The minimum atomic E-state index is 0.455. The Hall–Kier alpha value is -2.12. The second-order valence-electron chi connectivity index (χ2n) is 5.56. The van der Waals surface area contributed by atoms with E-state index in [4.69, 9.17) is 4.74 Å². The number of ether oxygens (including phenoxy) is 1. The molecule has 1 aromatic heterocycles. The van der Waals surface area contributed by atoms with Crippen LogP contribution >= 0.6 is 0 Å². The molecule has 0 bridgehead atoms. The van der Waals surface area contributed by atoms with E-state index >= 15 is 0 Å². The highest BCUT2D eigenvalue weighted by Gasteiger charge is 2.20. The summed E-state index contributed by atoms with van der Waals surface area (Å²) < 4.78 is 5.79. The maximum atomic E-state index is 9.25. The van der Waals surface area contributed by atoms with Gasteiger partial charge in [-0.3, -0.25) is 0 Å². The number of nitriles is 1. The van der Waals surface area contributed by atoms with Gasteiger partial charge < -0.3 is 9.64 Å². The summed E-state index contributed by atoms with van der Waals surface area (Å²) >= 11 is 0. The monoisotopic (exact) mass is 281 g/mol. The summed E-state index contributed by atoms with van der Waals surface area (Å²) in [5, 5.41) is 10.2. The van der Waals surface area contributed by atoms with Crippen LogP contribution in [0.2, 0.25) is 0 Å². The molecule has 1 aliphatic rings. The third kappa shape index (κ3) is 2.98. The second-order valence-corrected chi connectivity index (χ2v) is 5.56. The van der Waals surface area contributed by atoms with E-state index in [2.05, 4.69) is 23.0 Å². The lowest BCUT2D eigenvalue weighted by atomic mass is 10.1. The average molecular weight is 281 g/mol. The average Bonchev–Trinajstić information content (AvgIpc) is 2.92. The van der Waals surface area contributed by atoms with Crippen molar-refractivity contribution in [1.82, 2.24) is 9.88 Å². The Morgan fingerprint density at radius 3 is 3.05 bits per heavy atom. The van der Waals surface area contributed by atoms with Crippen LogP contribution in [0.15, 0.2) is 30.3 Å². The van der Waals surface area contributed by atoms with Crippen molar-refractivity contribution >= 4 is 10.9 Å². The van der Waals surface area contributed by atoms with Gasteiger partial charge in [-0.25, -0.2) is 4.98 Å². The lowest BCUT2D eigenvalue weighted by Crippen LogP contribution is -2.26. The van der Waals surface area contributed by atoms with Crippen molar-refractivity contribution in [3.63, 3.8) is 0 Å². The van der Waals surface area contributed by atoms with Crippen molar-refractivity contribution in [2.45, 2.75) is 25.3 Å². The van der Waals surface area contributed by atoms with Crippen LogP contribution in [0.25, 0.3) is 10.9 Å². The van der Waals surface area contributed by atoms with Crippen LogP contribution in [0.1, 0.15) is 24.8 Å². The molecule has 1 atom stereocenters. The zero-order chi connectivity index (χ0) is 14.7. The van der Waals surface area contributed by atoms with Crippen molar-refractivity contribution in [3.8, 4) is 11.9 Å². The highest BCUT2D eigenvalue weighted by Crippen LogP contribution is 2.23. The molecule has 0 spiro atoms. The molecule has 3 rings (SSSR count). The number of hydrogen-bond acceptors (Lipinski definition) is 4. The Labute approximate surface area is 125 Å². The van der Waals surface area contributed by atoms with Crippen molar-refractivity contribution in [3.05, 3.63) is 35.9 Å². The number of fused-ring (bicyclic) bond motifs is 1. The van der Waals surface area contributed by atoms with Crippen LogP contribution in [-0.2, 0) is 0 Å². The molecule has 0 radical (unpaired) electrons. The predicted molar refractivity (Wildman–Crippen MR) is 82.2 cm³/mol. The SMILES string of the molecule is CN1CCCC1CCOc1nc2ccccc2cc1C#N. The number of rotatable bonds is 4. The van der Waals surface area contributed by atoms with Gasteiger partial charge in [0.05, 0.1) is 12.1 Å². The Balaban J connectivity index is 1.72. The molecule has 0 aliphatic carbocycles. The molecule has 2 aromatic rings. The minimum absolute atomic E-state index is 0.455. The van der Waals surface area contributed by atoms with Crippen molar-refractivity contribution < 1.29 is 4.74 Å². The normalized spacial score (nSPS) is 18.8. The zero-order valence-corrected chi connectivity index (χ0v) is 12.2. The molecule has 4 heteroatoms. The van der Waals surface area contributed by atoms with E-state index in [-0.39, 0.29) is 0 Å². The standard InChI is InChI=1S/C17H19N3O/c1-20-9-4-6-15(20)8-10-21-17-14(12-18)11-13-5-2-3-7-16(13)19-17/h2-3,5,7,11,15H,4,6,8-10H2,1H3. The maximum Gasteiger partial charge on any atom is 0.232 e. The second kappa shape index (κ2) is 6.11. The molecule has 0 N–H and O–H groups in total. The van der Waals surface area contributed by atoms with Crippen LogP contribution in [0.5, 0.6) is 5.88 Å². The number of aromatic nitrogens is 1. The number of likely N-dealkylation sites (tertiary alicyclic amines) is 1. The first kappa shape index (κ1) is 13.8. The van der Waals surface area contributed by atoms with Gasteiger partial charge in [-0.05, 0) is 45.0 Å². The van der Waals surface area contributed by atoms with Gasteiger partial charge in [0.2, 0.25) is 5.88 Å². The summed E-state index contributed by atoms with van der Waals surface area (Å²) in [6, 6.07) is 12.4. The first-order chi connectivity index (χ1) is 10.3. The molecular weight excluding hydrogens is 262 g/mol. The van der Waals surface area contributed by atoms with Crippen LogP contribution in [0, 0.1) is 11.3 Å². The van der Waals surface area contributed by atoms with Crippen molar-refractivity contribution in [2.24, 2.45) is 0 Å². The van der Waals surface area contributed by atoms with Gasteiger partial charge in [0.1, 0.15) is 11.6 Å². The van der Waals surface area contributed by atoms with E-state index in [0.717, 1.165) is 17.3 Å². The van der Waals surface area contributed by atoms with E-state index in [0.29, 0.717) is 24.1 Å². The van der Waals surface area contributed by atoms with Gasteiger partial charge in [-0.15, -0.1) is 0 Å². The molecule has 1 aliphatic heterocycles. The fraction of sp³-hybridized carbons (Fsp3) is 0.412. The summed E-state index contributed by atoms with van der Waals surface area (Å²) in [6.45, 7) is 1.78. The molecule has 1 unspecified atom stereocenters. The fourth-order valence-corrected chi connectivity index (χ4v) is 2.92. The fourth-order valence-electron chi connectivity index (χ4n) is 2.92. The largest absolute Gasteiger partial charge is 0.477 e. The molecule has 0 saturated carbocycles. The van der Waals surface area contributed by atoms with Gasteiger partial charge >= 0.3 is 0 Å². The molecule has 4 nitrogen and oxygen atoms in total. The maximum absolute atomic E-state index is 9.25.